The molecule has 12 N–H and O–H groups in total. The minimum Gasteiger partial charge on any atom is -0.504 e. The lowest BCUT2D eigenvalue weighted by molar-refractivity contribution is -0.340. The third-order valence-electron chi connectivity index (χ3n) is 6.04. The van der Waals surface area contributed by atoms with Gasteiger partial charge in [-0.3, -0.25) is 4.90 Å². The van der Waals surface area contributed by atoms with Crippen LogP contribution in [0.2, 0.25) is 0 Å². The van der Waals surface area contributed by atoms with E-state index in [9.17, 15) is 30.6 Å². The second-order valence-electron chi connectivity index (χ2n) is 9.04. The molecule has 0 bridgehead atoms. The highest BCUT2D eigenvalue weighted by atomic mass is 16.7. The first-order chi connectivity index (χ1) is 16.1. The van der Waals surface area contributed by atoms with E-state index in [2.05, 4.69) is 0 Å². The van der Waals surface area contributed by atoms with E-state index < -0.39 is 77.5 Å². The lowest BCUT2D eigenvalue weighted by Crippen LogP contribution is -2.50. The molecule has 1 fully saturated rings. The molecular weight excluding hydrogens is 474 g/mol. The van der Waals surface area contributed by atoms with Crippen molar-refractivity contribution in [1.29, 1.82) is 0 Å². The van der Waals surface area contributed by atoms with Crippen LogP contribution in [0.3, 0.4) is 0 Å². The predicted octanol–water partition coefficient (Wildman–Crippen LogP) is -2.05. The van der Waals surface area contributed by atoms with Gasteiger partial charge in [-0.15, -0.1) is 0 Å². The Morgan fingerprint density at radius 3 is 1.60 bits per heavy atom. The number of nitrogens with zero attached hydrogens (tertiary/aromatic N) is 1. The highest BCUT2D eigenvalue weighted by Gasteiger charge is 2.45. The lowest BCUT2D eigenvalue weighted by Gasteiger charge is -2.39. The van der Waals surface area contributed by atoms with Crippen LogP contribution in [0.15, 0.2) is 0 Å². The summed E-state index contributed by atoms with van der Waals surface area (Å²) in [5.41, 5.74) is -2.68. The monoisotopic (exact) mass is 509 g/mol. The summed E-state index contributed by atoms with van der Waals surface area (Å²) in [7, 11) is 0. The number of aliphatic hydroxyl groups is 7. The first-order valence-electron chi connectivity index (χ1n) is 11.1. The van der Waals surface area contributed by atoms with Crippen molar-refractivity contribution in [2.45, 2.75) is 56.1 Å². The Morgan fingerprint density at radius 2 is 1.14 bits per heavy atom. The molecule has 0 aliphatic heterocycles. The smallest absolute Gasteiger partial charge is 0.288 e. The molecule has 0 aromatic heterocycles. The highest BCUT2D eigenvalue weighted by molar-refractivity contribution is 5.69. The third-order valence-corrected chi connectivity index (χ3v) is 6.04. The second kappa shape index (κ2) is 11.3. The fraction of sp³-hybridized carbons (Fsp3) is 0.714. The summed E-state index contributed by atoms with van der Waals surface area (Å²) < 4.78 is 5.54. The molecule has 1 aliphatic carbocycles. The molecule has 0 saturated heterocycles. The molecule has 2 rings (SSSR count). The zero-order chi connectivity index (χ0) is 26.6. The SMILES string of the molecule is Oc1c(O)c(O)c(C(O)(COCCCN(CC(O)(O)O)CC(O)(O)O)C2CCCCC2)c(O)c1O. The normalized spacial score (nSPS) is 17.6. The zero-order valence-electron chi connectivity index (χ0n) is 19.1. The Bertz CT molecular complexity index is 800. The molecule has 0 heterocycles. The summed E-state index contributed by atoms with van der Waals surface area (Å²) in [4.78, 5) is 0.921. The maximum Gasteiger partial charge on any atom is 0.288 e. The Kier molecular flexibility index (Phi) is 9.38. The largest absolute Gasteiger partial charge is 0.504 e. The van der Waals surface area contributed by atoms with Crippen molar-refractivity contribution in [2.24, 2.45) is 5.92 Å². The number of ether oxygens (including phenoxy) is 1. The summed E-state index contributed by atoms with van der Waals surface area (Å²) in [6.07, 6.45) is 3.39. The Labute approximate surface area is 200 Å². The molecule has 202 valence electrons. The minimum atomic E-state index is -3.18. The standard InChI is InChI=1S/C21H35NO13/c23-14-13(15(24)17(26)18(27)16(14)25)19(28,12-5-2-1-3-6-12)11-35-8-4-7-22(9-20(29,30)31)10-21(32,33)34/h12,23-34H,1-11H2. The number of phenols is 5. The first-order valence-corrected chi connectivity index (χ1v) is 11.1. The number of hydrogen-bond acceptors (Lipinski definition) is 14. The van der Waals surface area contributed by atoms with E-state index in [1.54, 1.807) is 0 Å². The van der Waals surface area contributed by atoms with Gasteiger partial charge in [-0.2, -0.15) is 0 Å². The van der Waals surface area contributed by atoms with Crippen LogP contribution in [0.4, 0.5) is 0 Å². The number of aromatic hydroxyl groups is 5. The molecule has 1 atom stereocenters. The van der Waals surface area contributed by atoms with Crippen LogP contribution >= 0.6 is 0 Å². The van der Waals surface area contributed by atoms with Crippen LogP contribution in [0.5, 0.6) is 28.7 Å². The average molecular weight is 510 g/mol. The number of benzene rings is 1. The van der Waals surface area contributed by atoms with E-state index in [-0.39, 0.29) is 19.6 Å². The Balaban J connectivity index is 2.17. The molecule has 14 heteroatoms. The number of rotatable bonds is 12. The Hall–Kier alpha value is -2.14. The van der Waals surface area contributed by atoms with Gasteiger partial charge in [-0.25, -0.2) is 0 Å². The van der Waals surface area contributed by atoms with Crippen LogP contribution in [-0.4, -0.2) is 111 Å². The number of phenolic OH excluding ortho intramolecular Hbond substituents is 5. The molecule has 0 amide bonds. The van der Waals surface area contributed by atoms with Crippen molar-refractivity contribution in [2.75, 3.05) is 32.8 Å². The quantitative estimate of drug-likeness (QED) is 0.0627. The van der Waals surface area contributed by atoms with E-state index in [4.69, 9.17) is 35.4 Å². The van der Waals surface area contributed by atoms with E-state index in [1.165, 1.54) is 0 Å². The lowest BCUT2D eigenvalue weighted by atomic mass is 9.73. The molecule has 1 aromatic rings. The summed E-state index contributed by atoms with van der Waals surface area (Å²) in [6.45, 7) is -2.51. The van der Waals surface area contributed by atoms with Crippen molar-refractivity contribution < 1.29 is 66.0 Å². The van der Waals surface area contributed by atoms with Crippen LogP contribution in [0, 0.1) is 5.92 Å². The summed E-state index contributed by atoms with van der Waals surface area (Å²) in [6, 6.07) is 0. The fourth-order valence-electron chi connectivity index (χ4n) is 4.50. The van der Waals surface area contributed by atoms with Crippen LogP contribution in [0.1, 0.15) is 44.1 Å². The highest BCUT2D eigenvalue weighted by Crippen LogP contribution is 2.56. The van der Waals surface area contributed by atoms with Gasteiger partial charge in [0.15, 0.2) is 11.5 Å². The molecule has 1 aromatic carbocycles. The average Bonchev–Trinajstić information content (AvgIpc) is 2.74. The second-order valence-corrected chi connectivity index (χ2v) is 9.04. The van der Waals surface area contributed by atoms with E-state index >= 15 is 0 Å². The van der Waals surface area contributed by atoms with Crippen molar-refractivity contribution in [1.82, 2.24) is 4.90 Å². The van der Waals surface area contributed by atoms with Gasteiger partial charge in [0.05, 0.1) is 25.3 Å². The molecule has 0 radical (unpaired) electrons. The minimum absolute atomic E-state index is 0.0664. The van der Waals surface area contributed by atoms with Gasteiger partial charge in [0, 0.05) is 13.2 Å². The van der Waals surface area contributed by atoms with E-state index in [0.29, 0.717) is 12.8 Å². The molecule has 1 aliphatic rings. The van der Waals surface area contributed by atoms with Gasteiger partial charge >= 0.3 is 0 Å². The van der Waals surface area contributed by atoms with Crippen LogP contribution in [-0.2, 0) is 10.3 Å². The maximum absolute atomic E-state index is 11.6. The topological polar surface area (TPSA) is 255 Å². The summed E-state index contributed by atoms with van der Waals surface area (Å²) >= 11 is 0. The van der Waals surface area contributed by atoms with Gasteiger partial charge < -0.3 is 66.0 Å². The maximum atomic E-state index is 11.6. The Morgan fingerprint density at radius 1 is 0.686 bits per heavy atom. The molecule has 35 heavy (non-hydrogen) atoms. The van der Waals surface area contributed by atoms with Crippen molar-refractivity contribution >= 4 is 0 Å². The van der Waals surface area contributed by atoms with Gasteiger partial charge in [0.25, 0.3) is 11.9 Å². The molecular formula is C21H35NO13. The third kappa shape index (κ3) is 7.67. The van der Waals surface area contributed by atoms with Crippen LogP contribution < -0.4 is 0 Å². The fourth-order valence-corrected chi connectivity index (χ4v) is 4.50. The number of hydrogen-bond donors (Lipinski definition) is 12. The van der Waals surface area contributed by atoms with Gasteiger partial charge in [0.2, 0.25) is 17.2 Å². The molecule has 1 unspecified atom stereocenters. The van der Waals surface area contributed by atoms with Crippen molar-refractivity contribution in [3.05, 3.63) is 5.56 Å². The molecule has 14 nitrogen and oxygen atoms in total. The van der Waals surface area contributed by atoms with Crippen LogP contribution in [0.25, 0.3) is 0 Å². The summed E-state index contributed by atoms with van der Waals surface area (Å²) in [5, 5.41) is 117. The van der Waals surface area contributed by atoms with Gasteiger partial charge in [-0.05, 0) is 25.2 Å². The first kappa shape index (κ1) is 29.1. The van der Waals surface area contributed by atoms with Gasteiger partial charge in [0.1, 0.15) is 5.60 Å². The van der Waals surface area contributed by atoms with Crippen molar-refractivity contribution in [3.8, 4) is 28.7 Å². The predicted molar refractivity (Wildman–Crippen MR) is 116 cm³/mol. The van der Waals surface area contributed by atoms with E-state index in [0.717, 1.165) is 24.2 Å². The molecule has 1 saturated carbocycles. The van der Waals surface area contributed by atoms with Gasteiger partial charge in [-0.1, -0.05) is 19.3 Å². The zero-order valence-corrected chi connectivity index (χ0v) is 19.1. The summed E-state index contributed by atoms with van der Waals surface area (Å²) in [5.74, 6) is -12.3. The molecule has 0 spiro atoms. The van der Waals surface area contributed by atoms with E-state index in [1.807, 2.05) is 0 Å². The van der Waals surface area contributed by atoms with Crippen molar-refractivity contribution in [3.63, 3.8) is 0 Å².